The molecule has 0 bridgehead atoms. The molecule has 120 valence electrons. The largest absolute Gasteiger partial charge is 0.496 e. The third kappa shape index (κ3) is 2.20. The van der Waals surface area contributed by atoms with Crippen molar-refractivity contribution < 1.29 is 9.47 Å². The molecule has 3 heterocycles. The summed E-state index contributed by atoms with van der Waals surface area (Å²) in [6.45, 7) is 3.54. The lowest BCUT2D eigenvalue weighted by molar-refractivity contribution is 0.0533. The van der Waals surface area contributed by atoms with E-state index < -0.39 is 0 Å². The summed E-state index contributed by atoms with van der Waals surface area (Å²) in [4.78, 5) is 2.68. The van der Waals surface area contributed by atoms with E-state index in [2.05, 4.69) is 22.3 Å². The predicted octanol–water partition coefficient (Wildman–Crippen LogP) is 2.37. The summed E-state index contributed by atoms with van der Waals surface area (Å²) in [6, 6.07) is 5.26. The standard InChI is InChI=1S/C18H26N2O2/c1-21-16-5-6-17(22-2)18-13(16)7-9-20-11-12-4-3-8-19-14(12)10-15(18)20/h5-6,12,14-15,19H,3-4,7-11H2,1-2H3. The Morgan fingerprint density at radius 1 is 1.18 bits per heavy atom. The van der Waals surface area contributed by atoms with Crippen molar-refractivity contribution in [1.82, 2.24) is 10.2 Å². The van der Waals surface area contributed by atoms with Crippen molar-refractivity contribution in [3.05, 3.63) is 23.3 Å². The van der Waals surface area contributed by atoms with Crippen molar-refractivity contribution in [2.24, 2.45) is 5.92 Å². The molecule has 4 heteroatoms. The van der Waals surface area contributed by atoms with Crippen molar-refractivity contribution in [3.63, 3.8) is 0 Å². The maximum atomic E-state index is 5.69. The molecule has 2 saturated heterocycles. The molecule has 1 aromatic carbocycles. The average molecular weight is 302 g/mol. The van der Waals surface area contributed by atoms with Gasteiger partial charge in [0.05, 0.1) is 14.2 Å². The van der Waals surface area contributed by atoms with Crippen molar-refractivity contribution in [1.29, 1.82) is 0 Å². The Bertz CT molecular complexity index is 560. The van der Waals surface area contributed by atoms with E-state index >= 15 is 0 Å². The molecule has 0 aromatic heterocycles. The van der Waals surface area contributed by atoms with Crippen LogP contribution in [0.1, 0.15) is 36.4 Å². The number of methoxy groups -OCH3 is 2. The minimum Gasteiger partial charge on any atom is -0.496 e. The second kappa shape index (κ2) is 5.74. The van der Waals surface area contributed by atoms with Gasteiger partial charge in [0, 0.05) is 36.3 Å². The summed E-state index contributed by atoms with van der Waals surface area (Å²) in [5, 5.41) is 3.75. The third-order valence-corrected chi connectivity index (χ3v) is 5.81. The number of fused-ring (bicyclic) bond motifs is 4. The van der Waals surface area contributed by atoms with Crippen LogP contribution in [0.5, 0.6) is 11.5 Å². The summed E-state index contributed by atoms with van der Waals surface area (Å²) in [5.41, 5.74) is 2.73. The van der Waals surface area contributed by atoms with Gasteiger partial charge in [-0.2, -0.15) is 0 Å². The van der Waals surface area contributed by atoms with E-state index in [0.717, 1.165) is 30.4 Å². The van der Waals surface area contributed by atoms with Crippen molar-refractivity contribution >= 4 is 0 Å². The van der Waals surface area contributed by atoms with Crippen LogP contribution in [-0.2, 0) is 6.42 Å². The number of benzene rings is 1. The van der Waals surface area contributed by atoms with Gasteiger partial charge in [-0.25, -0.2) is 0 Å². The molecule has 22 heavy (non-hydrogen) atoms. The number of piperidine rings is 2. The van der Waals surface area contributed by atoms with E-state index in [0.29, 0.717) is 12.1 Å². The molecule has 3 aliphatic heterocycles. The van der Waals surface area contributed by atoms with Crippen LogP contribution >= 0.6 is 0 Å². The number of hydrogen-bond donors (Lipinski definition) is 1. The van der Waals surface area contributed by atoms with Gasteiger partial charge < -0.3 is 14.8 Å². The predicted molar refractivity (Wildman–Crippen MR) is 86.7 cm³/mol. The molecule has 0 spiro atoms. The molecule has 3 unspecified atom stereocenters. The maximum absolute atomic E-state index is 5.69. The van der Waals surface area contributed by atoms with E-state index in [-0.39, 0.29) is 0 Å². The fourth-order valence-electron chi connectivity index (χ4n) is 4.75. The zero-order chi connectivity index (χ0) is 15.1. The molecule has 0 radical (unpaired) electrons. The Balaban J connectivity index is 1.73. The number of rotatable bonds is 2. The molecular formula is C18H26N2O2. The summed E-state index contributed by atoms with van der Waals surface area (Å²) in [6.07, 6.45) is 4.97. The summed E-state index contributed by atoms with van der Waals surface area (Å²) >= 11 is 0. The summed E-state index contributed by atoms with van der Waals surface area (Å²) in [7, 11) is 3.56. The molecule has 0 saturated carbocycles. The van der Waals surface area contributed by atoms with Crippen molar-refractivity contribution in [2.75, 3.05) is 33.9 Å². The first-order valence-corrected chi connectivity index (χ1v) is 8.53. The monoisotopic (exact) mass is 302 g/mol. The van der Waals surface area contributed by atoms with Crippen LogP contribution in [0.2, 0.25) is 0 Å². The lowest BCUT2D eigenvalue weighted by atomic mass is 9.77. The van der Waals surface area contributed by atoms with Crippen molar-refractivity contribution in [3.8, 4) is 11.5 Å². The minimum atomic E-state index is 0.473. The van der Waals surface area contributed by atoms with E-state index in [4.69, 9.17) is 9.47 Å². The first-order valence-electron chi connectivity index (χ1n) is 8.53. The normalized spacial score (nSPS) is 30.9. The van der Waals surface area contributed by atoms with Gasteiger partial charge in [0.15, 0.2) is 0 Å². The van der Waals surface area contributed by atoms with Crippen LogP contribution in [0.15, 0.2) is 12.1 Å². The molecule has 1 N–H and O–H groups in total. The Hall–Kier alpha value is -1.26. The van der Waals surface area contributed by atoms with Gasteiger partial charge in [-0.3, -0.25) is 4.90 Å². The number of nitrogens with zero attached hydrogens (tertiary/aromatic N) is 1. The van der Waals surface area contributed by atoms with Gasteiger partial charge in [-0.1, -0.05) is 0 Å². The number of ether oxygens (including phenoxy) is 2. The van der Waals surface area contributed by atoms with E-state index in [1.54, 1.807) is 14.2 Å². The summed E-state index contributed by atoms with van der Waals surface area (Å²) in [5.74, 6) is 2.87. The van der Waals surface area contributed by atoms with Crippen molar-refractivity contribution in [2.45, 2.75) is 37.8 Å². The van der Waals surface area contributed by atoms with E-state index in [1.807, 2.05) is 0 Å². The first kappa shape index (κ1) is 14.3. The van der Waals surface area contributed by atoms with Crippen LogP contribution < -0.4 is 14.8 Å². The van der Waals surface area contributed by atoms with Gasteiger partial charge in [-0.05, 0) is 50.3 Å². The quantitative estimate of drug-likeness (QED) is 0.909. The smallest absolute Gasteiger partial charge is 0.124 e. The molecule has 3 atom stereocenters. The first-order chi connectivity index (χ1) is 10.8. The van der Waals surface area contributed by atoms with Crippen LogP contribution in [0.4, 0.5) is 0 Å². The molecule has 4 nitrogen and oxygen atoms in total. The Kier molecular flexibility index (Phi) is 3.74. The van der Waals surface area contributed by atoms with Crippen LogP contribution in [0.25, 0.3) is 0 Å². The molecule has 3 aliphatic rings. The molecule has 1 aromatic rings. The zero-order valence-corrected chi connectivity index (χ0v) is 13.6. The fourth-order valence-corrected chi connectivity index (χ4v) is 4.75. The van der Waals surface area contributed by atoms with Gasteiger partial charge in [0.2, 0.25) is 0 Å². The van der Waals surface area contributed by atoms with Crippen LogP contribution in [0, 0.1) is 5.92 Å². The second-order valence-corrected chi connectivity index (χ2v) is 6.82. The molecule has 2 fully saturated rings. The van der Waals surface area contributed by atoms with Gasteiger partial charge in [0.1, 0.15) is 11.5 Å². The van der Waals surface area contributed by atoms with Crippen LogP contribution in [0.3, 0.4) is 0 Å². The molecular weight excluding hydrogens is 276 g/mol. The highest BCUT2D eigenvalue weighted by Gasteiger charge is 2.41. The lowest BCUT2D eigenvalue weighted by Gasteiger charge is -2.49. The molecule has 4 rings (SSSR count). The molecule has 0 aliphatic carbocycles. The Morgan fingerprint density at radius 2 is 2.00 bits per heavy atom. The van der Waals surface area contributed by atoms with Gasteiger partial charge in [-0.15, -0.1) is 0 Å². The van der Waals surface area contributed by atoms with Gasteiger partial charge in [0.25, 0.3) is 0 Å². The SMILES string of the molecule is COc1ccc(OC)c2c1CCN1CC3CCCNC3CC21. The van der Waals surface area contributed by atoms with Gasteiger partial charge >= 0.3 is 0 Å². The third-order valence-electron chi connectivity index (χ3n) is 5.81. The number of hydrogen-bond acceptors (Lipinski definition) is 4. The fraction of sp³-hybridized carbons (Fsp3) is 0.667. The highest BCUT2D eigenvalue weighted by atomic mass is 16.5. The van der Waals surface area contributed by atoms with Crippen LogP contribution in [-0.4, -0.2) is 44.8 Å². The summed E-state index contributed by atoms with van der Waals surface area (Å²) < 4.78 is 11.3. The lowest BCUT2D eigenvalue weighted by Crippen LogP contribution is -2.54. The Morgan fingerprint density at radius 3 is 2.82 bits per heavy atom. The van der Waals surface area contributed by atoms with E-state index in [9.17, 15) is 0 Å². The Labute approximate surface area is 132 Å². The number of nitrogens with one attached hydrogen (secondary N) is 1. The molecule has 0 amide bonds. The maximum Gasteiger partial charge on any atom is 0.124 e. The second-order valence-electron chi connectivity index (χ2n) is 6.82. The highest BCUT2D eigenvalue weighted by molar-refractivity contribution is 5.52. The van der Waals surface area contributed by atoms with E-state index in [1.165, 1.54) is 43.5 Å². The minimum absolute atomic E-state index is 0.473. The highest BCUT2D eigenvalue weighted by Crippen LogP contribution is 2.46. The average Bonchev–Trinajstić information content (AvgIpc) is 2.58. The zero-order valence-electron chi connectivity index (χ0n) is 13.6. The topological polar surface area (TPSA) is 33.7 Å².